The summed E-state index contributed by atoms with van der Waals surface area (Å²) in [5, 5.41) is 1.65. The van der Waals surface area contributed by atoms with Gasteiger partial charge in [0.15, 0.2) is 4.91 Å². The molecule has 0 aromatic carbocycles. The third-order valence-electron chi connectivity index (χ3n) is 2.65. The van der Waals surface area contributed by atoms with Crippen molar-refractivity contribution in [1.29, 1.82) is 0 Å². The summed E-state index contributed by atoms with van der Waals surface area (Å²) in [4.78, 5) is 22.9. The summed E-state index contributed by atoms with van der Waals surface area (Å²) in [5.41, 5.74) is 5.32. The minimum absolute atomic E-state index is 0.133. The topological polar surface area (TPSA) is 98.5 Å². The number of nitrogens with zero attached hydrogens (tertiary/aromatic N) is 1. The van der Waals surface area contributed by atoms with Gasteiger partial charge in [0.1, 0.15) is 11.4 Å². The van der Waals surface area contributed by atoms with Crippen LogP contribution in [-0.2, 0) is 16.2 Å². The highest BCUT2D eigenvalue weighted by Gasteiger charge is 2.50. The number of allylic oxidation sites excluding steroid dienone is 1. The van der Waals surface area contributed by atoms with Crippen LogP contribution >= 0.6 is 11.6 Å². The van der Waals surface area contributed by atoms with Crippen LogP contribution in [0.4, 0.5) is 9.18 Å². The molecule has 0 aromatic rings. The third kappa shape index (κ3) is 1.85. The maximum absolute atomic E-state index is 12.5. The summed E-state index contributed by atoms with van der Waals surface area (Å²) in [6.07, 6.45) is 0.133. The number of carbonyl (C=O) groups excluding carboxylic acids is 2. The number of rotatable bonds is 2. The highest BCUT2D eigenvalue weighted by molar-refractivity contribution is 7.93. The van der Waals surface area contributed by atoms with Crippen molar-refractivity contribution in [1.82, 2.24) is 9.62 Å². The average molecular weight is 282 g/mol. The Labute approximate surface area is 104 Å². The van der Waals surface area contributed by atoms with Gasteiger partial charge in [0.25, 0.3) is 0 Å². The zero-order valence-electron chi connectivity index (χ0n) is 8.48. The van der Waals surface area contributed by atoms with Gasteiger partial charge in [-0.25, -0.2) is 9.18 Å². The van der Waals surface area contributed by atoms with E-state index >= 15 is 0 Å². The maximum atomic E-state index is 12.5. The Morgan fingerprint density at radius 2 is 2.41 bits per heavy atom. The van der Waals surface area contributed by atoms with Crippen LogP contribution in [0.3, 0.4) is 0 Å². The van der Waals surface area contributed by atoms with Gasteiger partial charge >= 0.3 is 6.03 Å². The highest BCUT2D eigenvalue weighted by Crippen LogP contribution is 2.40. The number of nitrogens with two attached hydrogens (primary N) is 1. The first-order valence-corrected chi connectivity index (χ1v) is 6.24. The predicted molar refractivity (Wildman–Crippen MR) is 58.5 cm³/mol. The zero-order chi connectivity index (χ0) is 12.7. The number of nitrogens with one attached hydrogen (secondary N) is 1. The van der Waals surface area contributed by atoms with E-state index in [4.69, 9.17) is 17.3 Å². The maximum Gasteiger partial charge on any atom is 0.366 e. The van der Waals surface area contributed by atoms with Gasteiger partial charge in [-0.2, -0.15) is 0 Å². The van der Waals surface area contributed by atoms with Crippen LogP contribution in [0.15, 0.2) is 10.6 Å². The van der Waals surface area contributed by atoms with Gasteiger partial charge in [0, 0.05) is 6.42 Å². The number of urea groups is 1. The van der Waals surface area contributed by atoms with Crippen molar-refractivity contribution >= 4 is 34.9 Å². The molecule has 17 heavy (non-hydrogen) atoms. The van der Waals surface area contributed by atoms with Crippen molar-refractivity contribution in [2.45, 2.75) is 11.8 Å². The first kappa shape index (κ1) is 12.5. The first-order chi connectivity index (χ1) is 7.97. The van der Waals surface area contributed by atoms with Crippen LogP contribution in [0.25, 0.3) is 0 Å². The molecule has 0 saturated carbocycles. The first-order valence-electron chi connectivity index (χ1n) is 4.70. The molecule has 0 saturated heterocycles. The minimum Gasteiger partial charge on any atom is -0.588 e. The van der Waals surface area contributed by atoms with Crippen LogP contribution in [0.5, 0.6) is 0 Å². The largest absolute Gasteiger partial charge is 0.588 e. The molecule has 3 atom stereocenters. The van der Waals surface area contributed by atoms with Crippen molar-refractivity contribution in [2.24, 2.45) is 11.7 Å². The van der Waals surface area contributed by atoms with Crippen molar-refractivity contribution in [3.63, 3.8) is 0 Å². The molecule has 2 rings (SSSR count). The second kappa shape index (κ2) is 4.35. The molecule has 3 N–H and O–H groups in total. The van der Waals surface area contributed by atoms with Crippen LogP contribution in [0.1, 0.15) is 6.42 Å². The van der Waals surface area contributed by atoms with Crippen molar-refractivity contribution in [3.8, 4) is 0 Å². The number of halogens is 2. The second-order valence-electron chi connectivity index (χ2n) is 3.61. The molecule has 0 spiro atoms. The summed E-state index contributed by atoms with van der Waals surface area (Å²) in [7, 11) is 0. The SMILES string of the molecule is NC(=O)C1C2=C(CC1Cl)[S+]([O-])N(CF)C(=O)N2. The Morgan fingerprint density at radius 1 is 1.76 bits per heavy atom. The van der Waals surface area contributed by atoms with E-state index in [1.54, 1.807) is 0 Å². The van der Waals surface area contributed by atoms with Gasteiger partial charge in [-0.05, 0) is 0 Å². The van der Waals surface area contributed by atoms with E-state index in [9.17, 15) is 18.5 Å². The summed E-state index contributed by atoms with van der Waals surface area (Å²) >= 11 is 3.97. The number of alkyl halides is 2. The van der Waals surface area contributed by atoms with E-state index in [2.05, 4.69) is 5.32 Å². The van der Waals surface area contributed by atoms with Crippen LogP contribution in [0, 0.1) is 5.92 Å². The summed E-state index contributed by atoms with van der Waals surface area (Å²) < 4.78 is 24.9. The minimum atomic E-state index is -1.94. The number of carbonyl (C=O) groups is 2. The smallest absolute Gasteiger partial charge is 0.366 e. The fourth-order valence-electron chi connectivity index (χ4n) is 1.88. The monoisotopic (exact) mass is 281 g/mol. The zero-order valence-corrected chi connectivity index (χ0v) is 10.1. The molecule has 6 nitrogen and oxygen atoms in total. The van der Waals surface area contributed by atoms with Crippen molar-refractivity contribution in [3.05, 3.63) is 10.6 Å². The Balaban J connectivity index is 2.38. The van der Waals surface area contributed by atoms with Gasteiger partial charge in [-0.3, -0.25) is 4.79 Å². The van der Waals surface area contributed by atoms with Crippen LogP contribution in [-0.4, -0.2) is 33.0 Å². The Kier molecular flexibility index (Phi) is 3.19. The fraction of sp³-hybridized carbons (Fsp3) is 0.500. The number of hydrogen-bond acceptors (Lipinski definition) is 3. The summed E-state index contributed by atoms with van der Waals surface area (Å²) in [5.74, 6) is -1.60. The molecule has 1 aliphatic heterocycles. The molecule has 3 unspecified atom stereocenters. The summed E-state index contributed by atoms with van der Waals surface area (Å²) in [6.45, 7) is -1.18. The van der Waals surface area contributed by atoms with Gasteiger partial charge < -0.3 is 15.6 Å². The molecule has 1 aliphatic carbocycles. The molecule has 0 bridgehead atoms. The molecule has 0 aromatic heterocycles. The van der Waals surface area contributed by atoms with E-state index in [1.807, 2.05) is 0 Å². The normalized spacial score (nSPS) is 32.5. The quantitative estimate of drug-likeness (QED) is 0.421. The van der Waals surface area contributed by atoms with Crippen molar-refractivity contribution < 1.29 is 18.5 Å². The lowest BCUT2D eigenvalue weighted by Gasteiger charge is -2.27. The molecule has 2 aliphatic rings. The molecule has 0 radical (unpaired) electrons. The number of primary amides is 1. The Hall–Kier alpha value is -0.990. The highest BCUT2D eigenvalue weighted by atomic mass is 35.5. The van der Waals surface area contributed by atoms with Crippen LogP contribution in [0.2, 0.25) is 0 Å². The fourth-order valence-corrected chi connectivity index (χ4v) is 3.61. The van der Waals surface area contributed by atoms with Crippen molar-refractivity contribution in [2.75, 3.05) is 6.80 Å². The van der Waals surface area contributed by atoms with Gasteiger partial charge in [-0.1, -0.05) is 0 Å². The Morgan fingerprint density at radius 3 is 2.94 bits per heavy atom. The lowest BCUT2D eigenvalue weighted by Crippen LogP contribution is -2.49. The van der Waals surface area contributed by atoms with Gasteiger partial charge in [0.05, 0.1) is 17.0 Å². The molecule has 0 fully saturated rings. The summed E-state index contributed by atoms with van der Waals surface area (Å²) in [6, 6.07) is -0.860. The van der Waals surface area contributed by atoms with E-state index in [1.165, 1.54) is 0 Å². The Bertz CT molecular complexity index is 419. The lowest BCUT2D eigenvalue weighted by atomic mass is 10.1. The van der Waals surface area contributed by atoms with Crippen LogP contribution < -0.4 is 11.1 Å². The van der Waals surface area contributed by atoms with E-state index in [-0.39, 0.29) is 17.0 Å². The van der Waals surface area contributed by atoms with Gasteiger partial charge in [-0.15, -0.1) is 15.9 Å². The predicted octanol–water partition coefficient (Wildman–Crippen LogP) is -0.0735. The lowest BCUT2D eigenvalue weighted by molar-refractivity contribution is -0.120. The number of amides is 3. The molecule has 94 valence electrons. The second-order valence-corrected chi connectivity index (χ2v) is 5.61. The van der Waals surface area contributed by atoms with E-state index in [0.717, 1.165) is 0 Å². The van der Waals surface area contributed by atoms with E-state index < -0.39 is 41.4 Å². The molecule has 9 heteroatoms. The average Bonchev–Trinajstić information content (AvgIpc) is 2.55. The molecular weight excluding hydrogens is 273 g/mol. The van der Waals surface area contributed by atoms with E-state index in [0.29, 0.717) is 4.31 Å². The molecule has 1 heterocycles. The van der Waals surface area contributed by atoms with Gasteiger partial charge in [0.2, 0.25) is 12.7 Å². The molecule has 3 amide bonds. The third-order valence-corrected chi connectivity index (χ3v) is 4.53. The molecular formula is C8H9ClFN3O3S. The standard InChI is InChI=1S/C8H9ClFN3O3S/c9-3-1-4-6(5(3)7(11)14)12-8(15)13(2-10)17(4)16/h3,5H,1-2H2,(H2,11,14)(H,12,15). The number of hydrogen-bond donors (Lipinski definition) is 2.